The van der Waals surface area contributed by atoms with E-state index in [4.69, 9.17) is 27.6 Å². The van der Waals surface area contributed by atoms with E-state index in [0.29, 0.717) is 10.7 Å². The van der Waals surface area contributed by atoms with E-state index in [0.717, 1.165) is 10.6 Å². The fourth-order valence-corrected chi connectivity index (χ4v) is 2.53. The first-order chi connectivity index (χ1) is 11.8. The monoisotopic (exact) mass is 381 g/mol. The number of nitro benzene ring substituents is 1. The Labute approximate surface area is 149 Å². The standard InChI is InChI=1S/C15H9Cl2N3O5/c16-10-3-1-8(5-11(10)17)18-14(21)7-19-12-4-2-9(20(23)24)6-13(12)25-15(19)22/h1-6H,7H2,(H,18,21). The van der Waals surface area contributed by atoms with Gasteiger partial charge in [-0.25, -0.2) is 4.79 Å². The molecule has 0 fully saturated rings. The Morgan fingerprint density at radius 1 is 1.20 bits per heavy atom. The fourth-order valence-electron chi connectivity index (χ4n) is 2.24. The third-order valence-corrected chi connectivity index (χ3v) is 4.11. The zero-order valence-corrected chi connectivity index (χ0v) is 13.9. The van der Waals surface area contributed by atoms with E-state index >= 15 is 0 Å². The Morgan fingerprint density at radius 2 is 1.96 bits per heavy atom. The van der Waals surface area contributed by atoms with E-state index in [9.17, 15) is 19.7 Å². The van der Waals surface area contributed by atoms with Gasteiger partial charge in [0.2, 0.25) is 5.91 Å². The SMILES string of the molecule is O=C(Cn1c(=O)oc2cc([N+](=O)[O-])ccc21)Nc1ccc(Cl)c(Cl)c1. The first kappa shape index (κ1) is 17.0. The normalized spacial score (nSPS) is 10.8. The molecule has 0 saturated heterocycles. The summed E-state index contributed by atoms with van der Waals surface area (Å²) < 4.78 is 6.04. The quantitative estimate of drug-likeness (QED) is 0.549. The van der Waals surface area contributed by atoms with Crippen LogP contribution >= 0.6 is 23.2 Å². The van der Waals surface area contributed by atoms with Crippen LogP contribution in [0.15, 0.2) is 45.6 Å². The molecule has 0 radical (unpaired) electrons. The van der Waals surface area contributed by atoms with E-state index in [2.05, 4.69) is 5.32 Å². The Kier molecular flexibility index (Phi) is 4.47. The van der Waals surface area contributed by atoms with Crippen LogP contribution in [0.25, 0.3) is 11.1 Å². The number of oxazole rings is 1. The number of nitrogens with zero attached hydrogens (tertiary/aromatic N) is 2. The molecule has 3 rings (SSSR count). The summed E-state index contributed by atoms with van der Waals surface area (Å²) in [5.41, 5.74) is 0.506. The van der Waals surface area contributed by atoms with Crippen LogP contribution < -0.4 is 11.1 Å². The molecule has 8 nitrogen and oxygen atoms in total. The largest absolute Gasteiger partial charge is 0.420 e. The molecule has 1 amide bonds. The number of rotatable bonds is 4. The lowest BCUT2D eigenvalue weighted by Gasteiger charge is -2.06. The molecule has 3 aromatic rings. The maximum atomic E-state index is 12.2. The fraction of sp³-hybridized carbons (Fsp3) is 0.0667. The van der Waals surface area contributed by atoms with Crippen molar-refractivity contribution in [2.24, 2.45) is 0 Å². The molecule has 0 aliphatic rings. The minimum atomic E-state index is -0.792. The van der Waals surface area contributed by atoms with Gasteiger partial charge in [0.15, 0.2) is 5.58 Å². The summed E-state index contributed by atoms with van der Waals surface area (Å²) in [6.45, 7) is -0.329. The van der Waals surface area contributed by atoms with Gasteiger partial charge in [-0.1, -0.05) is 23.2 Å². The van der Waals surface area contributed by atoms with Crippen molar-refractivity contribution >= 4 is 51.6 Å². The Balaban J connectivity index is 1.85. The van der Waals surface area contributed by atoms with Gasteiger partial charge in [0.1, 0.15) is 6.54 Å². The molecule has 0 saturated carbocycles. The number of hydrogen-bond acceptors (Lipinski definition) is 5. The van der Waals surface area contributed by atoms with Gasteiger partial charge in [-0.3, -0.25) is 19.5 Å². The average Bonchev–Trinajstić information content (AvgIpc) is 2.86. The predicted octanol–water partition coefficient (Wildman–Crippen LogP) is 3.45. The van der Waals surface area contributed by atoms with Crippen LogP contribution in [0.2, 0.25) is 10.0 Å². The molecule has 0 bridgehead atoms. The highest BCUT2D eigenvalue weighted by molar-refractivity contribution is 6.42. The Morgan fingerprint density at radius 3 is 2.64 bits per heavy atom. The van der Waals surface area contributed by atoms with E-state index < -0.39 is 16.6 Å². The maximum Gasteiger partial charge on any atom is 0.420 e. The van der Waals surface area contributed by atoms with E-state index in [-0.39, 0.29) is 28.4 Å². The van der Waals surface area contributed by atoms with Crippen molar-refractivity contribution in [1.82, 2.24) is 4.57 Å². The van der Waals surface area contributed by atoms with Crippen molar-refractivity contribution in [3.63, 3.8) is 0 Å². The summed E-state index contributed by atoms with van der Waals surface area (Å²) in [6, 6.07) is 8.27. The molecule has 0 aliphatic carbocycles. The second-order valence-corrected chi connectivity index (χ2v) is 5.85. The van der Waals surface area contributed by atoms with Crippen LogP contribution in [0.4, 0.5) is 11.4 Å². The van der Waals surface area contributed by atoms with Crippen LogP contribution in [0.1, 0.15) is 0 Å². The van der Waals surface area contributed by atoms with Gasteiger partial charge < -0.3 is 9.73 Å². The Bertz CT molecular complexity index is 1060. The molecular formula is C15H9Cl2N3O5. The van der Waals surface area contributed by atoms with Crippen LogP contribution in [-0.2, 0) is 11.3 Å². The summed E-state index contributed by atoms with van der Waals surface area (Å²) in [4.78, 5) is 34.2. The molecule has 1 N–H and O–H groups in total. The summed E-state index contributed by atoms with van der Waals surface area (Å²) in [5, 5.41) is 14.0. The number of fused-ring (bicyclic) bond motifs is 1. The molecule has 0 unspecified atom stereocenters. The van der Waals surface area contributed by atoms with E-state index in [1.807, 2.05) is 0 Å². The van der Waals surface area contributed by atoms with Gasteiger partial charge in [0, 0.05) is 11.8 Å². The van der Waals surface area contributed by atoms with Gasteiger partial charge in [0.05, 0.1) is 26.6 Å². The van der Waals surface area contributed by atoms with Crippen LogP contribution in [0, 0.1) is 10.1 Å². The summed E-state index contributed by atoms with van der Waals surface area (Å²) >= 11 is 11.7. The van der Waals surface area contributed by atoms with Gasteiger partial charge in [-0.05, 0) is 24.3 Å². The Hall–Kier alpha value is -2.84. The second kappa shape index (κ2) is 6.58. The van der Waals surface area contributed by atoms with Gasteiger partial charge in [0.25, 0.3) is 5.69 Å². The molecule has 1 aromatic heterocycles. The zero-order chi connectivity index (χ0) is 18.1. The number of nitrogens with one attached hydrogen (secondary N) is 1. The first-order valence-electron chi connectivity index (χ1n) is 6.88. The highest BCUT2D eigenvalue weighted by Crippen LogP contribution is 2.25. The molecule has 10 heteroatoms. The minimum absolute atomic E-state index is 0.0292. The van der Waals surface area contributed by atoms with E-state index in [1.54, 1.807) is 6.07 Å². The van der Waals surface area contributed by atoms with E-state index in [1.165, 1.54) is 24.3 Å². The lowest BCUT2D eigenvalue weighted by molar-refractivity contribution is -0.384. The number of nitro groups is 1. The molecule has 1 heterocycles. The molecule has 25 heavy (non-hydrogen) atoms. The number of hydrogen-bond donors (Lipinski definition) is 1. The lowest BCUT2D eigenvalue weighted by Crippen LogP contribution is -2.24. The average molecular weight is 382 g/mol. The van der Waals surface area contributed by atoms with Crippen LogP contribution in [0.3, 0.4) is 0 Å². The number of carbonyl (C=O) groups excluding carboxylic acids is 1. The van der Waals surface area contributed by atoms with Crippen molar-refractivity contribution in [2.45, 2.75) is 6.54 Å². The number of benzene rings is 2. The van der Waals surface area contributed by atoms with Gasteiger partial charge in [-0.15, -0.1) is 0 Å². The number of halogens is 2. The first-order valence-corrected chi connectivity index (χ1v) is 7.63. The number of anilines is 1. The van der Waals surface area contributed by atoms with Crippen molar-refractivity contribution in [3.8, 4) is 0 Å². The van der Waals surface area contributed by atoms with Gasteiger partial charge >= 0.3 is 5.76 Å². The van der Waals surface area contributed by atoms with Gasteiger partial charge in [-0.2, -0.15) is 0 Å². The molecule has 0 atom stereocenters. The molecule has 2 aromatic carbocycles. The smallest absolute Gasteiger partial charge is 0.407 e. The van der Waals surface area contributed by atoms with Crippen LogP contribution in [-0.4, -0.2) is 15.4 Å². The minimum Gasteiger partial charge on any atom is -0.407 e. The molecule has 0 spiro atoms. The topological polar surface area (TPSA) is 107 Å². The number of aromatic nitrogens is 1. The summed E-state index contributed by atoms with van der Waals surface area (Å²) in [6.07, 6.45) is 0. The summed E-state index contributed by atoms with van der Waals surface area (Å²) in [5.74, 6) is -1.29. The second-order valence-electron chi connectivity index (χ2n) is 5.04. The van der Waals surface area contributed by atoms with Crippen molar-refractivity contribution in [1.29, 1.82) is 0 Å². The zero-order valence-electron chi connectivity index (χ0n) is 12.4. The number of carbonyl (C=O) groups is 1. The van der Waals surface area contributed by atoms with Crippen molar-refractivity contribution < 1.29 is 14.1 Å². The summed E-state index contributed by atoms with van der Waals surface area (Å²) in [7, 11) is 0. The highest BCUT2D eigenvalue weighted by atomic mass is 35.5. The van der Waals surface area contributed by atoms with Crippen LogP contribution in [0.5, 0.6) is 0 Å². The number of non-ortho nitro benzene ring substituents is 1. The van der Waals surface area contributed by atoms with Crippen molar-refractivity contribution in [3.05, 3.63) is 67.1 Å². The van der Waals surface area contributed by atoms with Crippen molar-refractivity contribution in [2.75, 3.05) is 5.32 Å². The maximum absolute atomic E-state index is 12.2. The molecular weight excluding hydrogens is 373 g/mol. The highest BCUT2D eigenvalue weighted by Gasteiger charge is 2.16. The predicted molar refractivity (Wildman–Crippen MR) is 92.2 cm³/mol. The third kappa shape index (κ3) is 3.49. The lowest BCUT2D eigenvalue weighted by atomic mass is 10.3. The molecule has 0 aliphatic heterocycles. The third-order valence-electron chi connectivity index (χ3n) is 3.37. The number of amides is 1. The molecule has 128 valence electrons.